The summed E-state index contributed by atoms with van der Waals surface area (Å²) in [4.78, 5) is 26.0. The van der Waals surface area contributed by atoms with Crippen molar-refractivity contribution in [1.29, 1.82) is 0 Å². The van der Waals surface area contributed by atoms with Gasteiger partial charge in [0.15, 0.2) is 0 Å². The predicted molar refractivity (Wildman–Crippen MR) is 75.6 cm³/mol. The molecule has 2 heterocycles. The summed E-state index contributed by atoms with van der Waals surface area (Å²) in [6.45, 7) is 4.17. The van der Waals surface area contributed by atoms with Gasteiger partial charge >= 0.3 is 6.09 Å². The van der Waals surface area contributed by atoms with Gasteiger partial charge < -0.3 is 20.2 Å². The Labute approximate surface area is 120 Å². The molecule has 0 aromatic carbocycles. The van der Waals surface area contributed by atoms with Crippen LogP contribution < -0.4 is 5.32 Å². The molecule has 2 aliphatic heterocycles. The molecule has 2 N–H and O–H groups in total. The van der Waals surface area contributed by atoms with Crippen LogP contribution in [0.1, 0.15) is 32.1 Å². The second-order valence-electron chi connectivity index (χ2n) is 5.74. The highest BCUT2D eigenvalue weighted by atomic mass is 16.4. The van der Waals surface area contributed by atoms with Crippen LogP contribution in [0.4, 0.5) is 4.79 Å². The number of piperazine rings is 1. The first-order valence-electron chi connectivity index (χ1n) is 7.63. The number of piperidine rings is 1. The number of hydrogen-bond acceptors (Lipinski definition) is 3. The van der Waals surface area contributed by atoms with Crippen molar-refractivity contribution in [2.45, 2.75) is 32.1 Å². The molecule has 6 nitrogen and oxygen atoms in total. The van der Waals surface area contributed by atoms with Crippen molar-refractivity contribution >= 4 is 12.0 Å². The molecule has 0 atom stereocenters. The summed E-state index contributed by atoms with van der Waals surface area (Å²) >= 11 is 0. The number of nitrogens with one attached hydrogen (secondary N) is 1. The van der Waals surface area contributed by atoms with Crippen LogP contribution in [0.2, 0.25) is 0 Å². The first-order valence-corrected chi connectivity index (χ1v) is 7.63. The summed E-state index contributed by atoms with van der Waals surface area (Å²) in [5.41, 5.74) is 0. The van der Waals surface area contributed by atoms with E-state index in [1.54, 1.807) is 0 Å². The Hall–Kier alpha value is -1.30. The van der Waals surface area contributed by atoms with Gasteiger partial charge in [0, 0.05) is 32.6 Å². The van der Waals surface area contributed by atoms with Crippen molar-refractivity contribution in [3.05, 3.63) is 0 Å². The third-order valence-corrected chi connectivity index (χ3v) is 4.36. The lowest BCUT2D eigenvalue weighted by Crippen LogP contribution is -2.50. The molecule has 0 aromatic heterocycles. The molecule has 0 radical (unpaired) electrons. The summed E-state index contributed by atoms with van der Waals surface area (Å²) in [6, 6.07) is 0. The number of carboxylic acid groups (broad SMARTS) is 1. The quantitative estimate of drug-likeness (QED) is 0.806. The summed E-state index contributed by atoms with van der Waals surface area (Å²) in [5, 5.41) is 12.2. The lowest BCUT2D eigenvalue weighted by molar-refractivity contribution is -0.132. The summed E-state index contributed by atoms with van der Waals surface area (Å²) < 4.78 is 0. The van der Waals surface area contributed by atoms with Gasteiger partial charge in [-0.25, -0.2) is 4.79 Å². The number of carbonyl (C=O) groups excluding carboxylic acids is 1. The van der Waals surface area contributed by atoms with E-state index >= 15 is 0 Å². The van der Waals surface area contributed by atoms with E-state index in [1.165, 1.54) is 17.7 Å². The molecule has 6 heteroatoms. The van der Waals surface area contributed by atoms with E-state index in [1.807, 2.05) is 4.90 Å². The third kappa shape index (κ3) is 4.37. The molecule has 2 amide bonds. The van der Waals surface area contributed by atoms with Crippen LogP contribution in [-0.4, -0.2) is 66.2 Å². The second-order valence-corrected chi connectivity index (χ2v) is 5.74. The van der Waals surface area contributed by atoms with Gasteiger partial charge in [0.25, 0.3) is 0 Å². The number of carbonyl (C=O) groups is 2. The van der Waals surface area contributed by atoms with Crippen LogP contribution in [0.15, 0.2) is 0 Å². The van der Waals surface area contributed by atoms with E-state index in [0.717, 1.165) is 31.8 Å². The average Bonchev–Trinajstić information content (AvgIpc) is 2.48. The van der Waals surface area contributed by atoms with Crippen LogP contribution in [0.25, 0.3) is 0 Å². The standard InChI is InChI=1S/C14H25N3O3/c18-13(3-1-2-12-4-6-15-7-5-12)16-8-10-17(11-9-16)14(19)20/h12,15H,1-11H2,(H,19,20). The molecule has 2 saturated heterocycles. The summed E-state index contributed by atoms with van der Waals surface area (Å²) in [5.74, 6) is 0.955. The Morgan fingerprint density at radius 2 is 1.65 bits per heavy atom. The van der Waals surface area contributed by atoms with Gasteiger partial charge in [-0.3, -0.25) is 4.79 Å². The fourth-order valence-electron chi connectivity index (χ4n) is 3.02. The topological polar surface area (TPSA) is 72.9 Å². The second kappa shape index (κ2) is 7.47. The number of rotatable bonds is 4. The fourth-order valence-corrected chi connectivity index (χ4v) is 3.02. The zero-order chi connectivity index (χ0) is 14.4. The summed E-state index contributed by atoms with van der Waals surface area (Å²) in [6.07, 6.45) is 4.28. The molecule has 0 bridgehead atoms. The first kappa shape index (κ1) is 15.1. The van der Waals surface area contributed by atoms with Gasteiger partial charge in [-0.15, -0.1) is 0 Å². The lowest BCUT2D eigenvalue weighted by atomic mass is 9.92. The normalized spacial score (nSPS) is 21.0. The Morgan fingerprint density at radius 3 is 2.25 bits per heavy atom. The zero-order valence-corrected chi connectivity index (χ0v) is 12.0. The molecular weight excluding hydrogens is 258 g/mol. The van der Waals surface area contributed by atoms with Gasteiger partial charge in [0.1, 0.15) is 0 Å². The minimum Gasteiger partial charge on any atom is -0.465 e. The minimum atomic E-state index is -0.886. The fraction of sp³-hybridized carbons (Fsp3) is 0.857. The van der Waals surface area contributed by atoms with Crippen molar-refractivity contribution in [1.82, 2.24) is 15.1 Å². The molecule has 0 unspecified atom stereocenters. The highest BCUT2D eigenvalue weighted by Gasteiger charge is 2.23. The van der Waals surface area contributed by atoms with Crippen molar-refractivity contribution < 1.29 is 14.7 Å². The lowest BCUT2D eigenvalue weighted by Gasteiger charge is -2.33. The van der Waals surface area contributed by atoms with Crippen LogP contribution in [0, 0.1) is 5.92 Å². The van der Waals surface area contributed by atoms with Crippen molar-refractivity contribution in [3.8, 4) is 0 Å². The molecule has 2 fully saturated rings. The maximum atomic E-state index is 12.1. The van der Waals surface area contributed by atoms with Crippen molar-refractivity contribution in [2.75, 3.05) is 39.3 Å². The van der Waals surface area contributed by atoms with Crippen LogP contribution >= 0.6 is 0 Å². The average molecular weight is 283 g/mol. The largest absolute Gasteiger partial charge is 0.465 e. The molecule has 0 aromatic rings. The highest BCUT2D eigenvalue weighted by molar-refractivity contribution is 5.76. The molecule has 2 aliphatic rings. The van der Waals surface area contributed by atoms with E-state index in [4.69, 9.17) is 5.11 Å². The minimum absolute atomic E-state index is 0.184. The van der Waals surface area contributed by atoms with Crippen LogP contribution in [0.5, 0.6) is 0 Å². The van der Waals surface area contributed by atoms with E-state index in [-0.39, 0.29) is 5.91 Å². The Bertz CT molecular complexity index is 335. The zero-order valence-electron chi connectivity index (χ0n) is 12.0. The maximum Gasteiger partial charge on any atom is 0.407 e. The first-order chi connectivity index (χ1) is 9.66. The summed E-state index contributed by atoms with van der Waals surface area (Å²) in [7, 11) is 0. The van der Waals surface area contributed by atoms with Gasteiger partial charge in [-0.2, -0.15) is 0 Å². The highest BCUT2D eigenvalue weighted by Crippen LogP contribution is 2.19. The smallest absolute Gasteiger partial charge is 0.407 e. The monoisotopic (exact) mass is 283 g/mol. The van der Waals surface area contributed by atoms with Crippen LogP contribution in [0.3, 0.4) is 0 Å². The Kier molecular flexibility index (Phi) is 5.64. The maximum absolute atomic E-state index is 12.1. The molecule has 0 aliphatic carbocycles. The number of nitrogens with zero attached hydrogens (tertiary/aromatic N) is 2. The van der Waals surface area contributed by atoms with E-state index < -0.39 is 6.09 Å². The van der Waals surface area contributed by atoms with Crippen molar-refractivity contribution in [3.63, 3.8) is 0 Å². The van der Waals surface area contributed by atoms with E-state index in [0.29, 0.717) is 32.6 Å². The molecule has 20 heavy (non-hydrogen) atoms. The molecule has 114 valence electrons. The molecule has 0 spiro atoms. The van der Waals surface area contributed by atoms with E-state index in [9.17, 15) is 9.59 Å². The Morgan fingerprint density at radius 1 is 1.05 bits per heavy atom. The van der Waals surface area contributed by atoms with Gasteiger partial charge in [0.05, 0.1) is 0 Å². The van der Waals surface area contributed by atoms with Gasteiger partial charge in [-0.05, 0) is 44.7 Å². The Balaban J connectivity index is 1.61. The van der Waals surface area contributed by atoms with Crippen molar-refractivity contribution in [2.24, 2.45) is 5.92 Å². The van der Waals surface area contributed by atoms with E-state index in [2.05, 4.69) is 5.32 Å². The molecule has 0 saturated carbocycles. The number of amides is 2. The SMILES string of the molecule is O=C(O)N1CCN(C(=O)CCCC2CCNCC2)CC1. The predicted octanol–water partition coefficient (Wildman–Crippen LogP) is 0.979. The third-order valence-electron chi connectivity index (χ3n) is 4.36. The van der Waals surface area contributed by atoms with Crippen LogP contribution in [-0.2, 0) is 4.79 Å². The van der Waals surface area contributed by atoms with Gasteiger partial charge in [0.2, 0.25) is 5.91 Å². The number of hydrogen-bond donors (Lipinski definition) is 2. The molecule has 2 rings (SSSR count). The molecular formula is C14H25N3O3. The van der Waals surface area contributed by atoms with Gasteiger partial charge in [-0.1, -0.05) is 0 Å².